The van der Waals surface area contributed by atoms with Crippen LogP contribution >= 0.6 is 11.3 Å². The highest BCUT2D eigenvalue weighted by Gasteiger charge is 2.07. The van der Waals surface area contributed by atoms with Gasteiger partial charge < -0.3 is 10.6 Å². The van der Waals surface area contributed by atoms with E-state index in [0.717, 1.165) is 30.9 Å². The van der Waals surface area contributed by atoms with Crippen molar-refractivity contribution in [1.29, 1.82) is 0 Å². The first-order valence-corrected chi connectivity index (χ1v) is 6.77. The lowest BCUT2D eigenvalue weighted by molar-refractivity contribution is 0.626. The Balaban J connectivity index is 2.01. The molecule has 96 valence electrons. The largest absolute Gasteiger partial charge is 0.375 e. The average Bonchev–Trinajstić information content (AvgIpc) is 2.76. The van der Waals surface area contributed by atoms with Crippen molar-refractivity contribution >= 4 is 22.2 Å². The first kappa shape index (κ1) is 12.8. The maximum Gasteiger partial charge on any atom is 0.180 e. The summed E-state index contributed by atoms with van der Waals surface area (Å²) in [6.45, 7) is 3.70. The maximum absolute atomic E-state index is 13.2. The molecule has 0 atom stereocenters. The van der Waals surface area contributed by atoms with E-state index in [-0.39, 0.29) is 5.82 Å². The van der Waals surface area contributed by atoms with Crippen molar-refractivity contribution in [3.05, 3.63) is 41.2 Å². The SMILES string of the molecule is CCN(CCc1csc(N)n1)c1cccc(F)c1. The first-order chi connectivity index (χ1) is 8.69. The van der Waals surface area contributed by atoms with Crippen LogP contribution < -0.4 is 10.6 Å². The van der Waals surface area contributed by atoms with E-state index in [1.54, 1.807) is 12.1 Å². The molecule has 0 spiro atoms. The van der Waals surface area contributed by atoms with Gasteiger partial charge in [-0.25, -0.2) is 9.37 Å². The Bertz CT molecular complexity index is 512. The van der Waals surface area contributed by atoms with Gasteiger partial charge in [0.15, 0.2) is 5.13 Å². The number of thiazole rings is 1. The number of rotatable bonds is 5. The van der Waals surface area contributed by atoms with Crippen molar-refractivity contribution in [2.45, 2.75) is 13.3 Å². The van der Waals surface area contributed by atoms with Gasteiger partial charge in [0, 0.05) is 30.6 Å². The first-order valence-electron chi connectivity index (χ1n) is 5.89. The van der Waals surface area contributed by atoms with Gasteiger partial charge in [-0.1, -0.05) is 6.07 Å². The lowest BCUT2D eigenvalue weighted by Gasteiger charge is -2.22. The Labute approximate surface area is 110 Å². The zero-order valence-electron chi connectivity index (χ0n) is 10.3. The van der Waals surface area contributed by atoms with E-state index < -0.39 is 0 Å². The van der Waals surface area contributed by atoms with E-state index in [1.165, 1.54) is 17.4 Å². The van der Waals surface area contributed by atoms with Crippen molar-refractivity contribution in [3.8, 4) is 0 Å². The number of nitrogens with two attached hydrogens (primary N) is 1. The van der Waals surface area contributed by atoms with Crippen LogP contribution in [0.15, 0.2) is 29.6 Å². The lowest BCUT2D eigenvalue weighted by atomic mass is 10.2. The summed E-state index contributed by atoms with van der Waals surface area (Å²) >= 11 is 1.45. The summed E-state index contributed by atoms with van der Waals surface area (Å²) in [5, 5.41) is 2.56. The minimum absolute atomic E-state index is 0.205. The molecule has 2 aromatic rings. The monoisotopic (exact) mass is 265 g/mol. The fourth-order valence-electron chi connectivity index (χ4n) is 1.83. The molecule has 1 aromatic heterocycles. The second kappa shape index (κ2) is 5.82. The van der Waals surface area contributed by atoms with Gasteiger partial charge in [0.1, 0.15) is 5.82 Å². The van der Waals surface area contributed by atoms with Gasteiger partial charge in [-0.2, -0.15) is 0 Å². The molecule has 0 unspecified atom stereocenters. The van der Waals surface area contributed by atoms with Crippen LogP contribution in [0, 0.1) is 5.82 Å². The smallest absolute Gasteiger partial charge is 0.180 e. The van der Waals surface area contributed by atoms with Gasteiger partial charge >= 0.3 is 0 Å². The van der Waals surface area contributed by atoms with Crippen molar-refractivity contribution in [2.75, 3.05) is 23.7 Å². The molecule has 0 saturated carbocycles. The molecule has 3 nitrogen and oxygen atoms in total. The van der Waals surface area contributed by atoms with Gasteiger partial charge in [0.2, 0.25) is 0 Å². The molecule has 2 N–H and O–H groups in total. The number of likely N-dealkylation sites (N-methyl/N-ethyl adjacent to an activating group) is 1. The van der Waals surface area contributed by atoms with Crippen molar-refractivity contribution < 1.29 is 4.39 Å². The lowest BCUT2D eigenvalue weighted by Crippen LogP contribution is -2.25. The number of hydrogen-bond donors (Lipinski definition) is 1. The molecule has 0 aliphatic carbocycles. The number of benzene rings is 1. The summed E-state index contributed by atoms with van der Waals surface area (Å²) in [6.07, 6.45) is 0.818. The molecule has 0 bridgehead atoms. The quantitative estimate of drug-likeness (QED) is 0.903. The fraction of sp³-hybridized carbons (Fsp3) is 0.308. The van der Waals surface area contributed by atoms with Crippen LogP contribution in [0.4, 0.5) is 15.2 Å². The Morgan fingerprint density at radius 1 is 1.44 bits per heavy atom. The van der Waals surface area contributed by atoms with Crippen LogP contribution in [-0.4, -0.2) is 18.1 Å². The van der Waals surface area contributed by atoms with Gasteiger partial charge in [-0.05, 0) is 25.1 Å². The van der Waals surface area contributed by atoms with Crippen LogP contribution in [0.5, 0.6) is 0 Å². The highest BCUT2D eigenvalue weighted by molar-refractivity contribution is 7.13. The third kappa shape index (κ3) is 3.20. The Morgan fingerprint density at radius 3 is 2.89 bits per heavy atom. The third-order valence-electron chi connectivity index (χ3n) is 2.76. The van der Waals surface area contributed by atoms with E-state index in [4.69, 9.17) is 5.73 Å². The highest BCUT2D eigenvalue weighted by atomic mass is 32.1. The number of aromatic nitrogens is 1. The van der Waals surface area contributed by atoms with Crippen LogP contribution in [0.3, 0.4) is 0 Å². The number of hydrogen-bond acceptors (Lipinski definition) is 4. The summed E-state index contributed by atoms with van der Waals surface area (Å²) < 4.78 is 13.2. The number of anilines is 2. The van der Waals surface area contributed by atoms with E-state index in [9.17, 15) is 4.39 Å². The predicted molar refractivity (Wildman–Crippen MR) is 74.5 cm³/mol. The summed E-state index contributed by atoms with van der Waals surface area (Å²) in [4.78, 5) is 6.35. The molecule has 0 aliphatic heterocycles. The Kier molecular flexibility index (Phi) is 4.15. The molecule has 0 saturated heterocycles. The summed E-state index contributed by atoms with van der Waals surface area (Å²) in [7, 11) is 0. The van der Waals surface area contributed by atoms with Gasteiger partial charge in [0.05, 0.1) is 5.69 Å². The minimum atomic E-state index is -0.205. The highest BCUT2D eigenvalue weighted by Crippen LogP contribution is 2.17. The second-order valence-electron chi connectivity index (χ2n) is 3.99. The van der Waals surface area contributed by atoms with Crippen LogP contribution in [-0.2, 0) is 6.42 Å². The Hall–Kier alpha value is -1.62. The molecule has 0 amide bonds. The molecule has 5 heteroatoms. The van der Waals surface area contributed by atoms with E-state index in [2.05, 4.69) is 16.8 Å². The molecule has 18 heavy (non-hydrogen) atoms. The van der Waals surface area contributed by atoms with Crippen LogP contribution in [0.2, 0.25) is 0 Å². The summed E-state index contributed by atoms with van der Waals surface area (Å²) in [5.41, 5.74) is 7.49. The zero-order chi connectivity index (χ0) is 13.0. The van der Waals surface area contributed by atoms with Gasteiger partial charge in [-0.3, -0.25) is 0 Å². The topological polar surface area (TPSA) is 42.1 Å². The molecular weight excluding hydrogens is 249 g/mol. The van der Waals surface area contributed by atoms with Gasteiger partial charge in [0.25, 0.3) is 0 Å². The normalized spacial score (nSPS) is 10.6. The standard InChI is InChI=1S/C13H16FN3S/c1-2-17(12-5-3-4-10(14)8-12)7-6-11-9-18-13(15)16-11/h3-5,8-9H,2,6-7H2,1H3,(H2,15,16). The predicted octanol–water partition coefficient (Wildman–Crippen LogP) is 2.93. The zero-order valence-corrected chi connectivity index (χ0v) is 11.1. The maximum atomic E-state index is 13.2. The number of halogens is 1. The molecule has 2 rings (SSSR count). The fourth-order valence-corrected chi connectivity index (χ4v) is 2.43. The van der Waals surface area contributed by atoms with Crippen molar-refractivity contribution in [1.82, 2.24) is 4.98 Å². The Morgan fingerprint density at radius 2 is 2.28 bits per heavy atom. The average molecular weight is 265 g/mol. The van der Waals surface area contributed by atoms with Crippen LogP contribution in [0.25, 0.3) is 0 Å². The number of nitrogen functional groups attached to an aromatic ring is 1. The van der Waals surface area contributed by atoms with Crippen molar-refractivity contribution in [2.24, 2.45) is 0 Å². The number of nitrogens with zero attached hydrogens (tertiary/aromatic N) is 2. The minimum Gasteiger partial charge on any atom is -0.375 e. The molecule has 0 radical (unpaired) electrons. The van der Waals surface area contributed by atoms with E-state index in [0.29, 0.717) is 5.13 Å². The van der Waals surface area contributed by atoms with E-state index in [1.807, 2.05) is 11.4 Å². The third-order valence-corrected chi connectivity index (χ3v) is 3.49. The molecule has 0 fully saturated rings. The van der Waals surface area contributed by atoms with Crippen molar-refractivity contribution in [3.63, 3.8) is 0 Å². The van der Waals surface area contributed by atoms with Crippen LogP contribution in [0.1, 0.15) is 12.6 Å². The summed E-state index contributed by atoms with van der Waals surface area (Å²) in [6, 6.07) is 6.66. The molecule has 1 aromatic carbocycles. The molecule has 1 heterocycles. The van der Waals surface area contributed by atoms with Gasteiger partial charge in [-0.15, -0.1) is 11.3 Å². The van der Waals surface area contributed by atoms with E-state index >= 15 is 0 Å². The molecule has 0 aliphatic rings. The molecular formula is C13H16FN3S. The second-order valence-corrected chi connectivity index (χ2v) is 4.88. The summed E-state index contributed by atoms with van der Waals surface area (Å²) in [5.74, 6) is -0.205.